The molecule has 1 nitrogen and oxygen atoms in total. The Bertz CT molecular complexity index is 8.00. The van der Waals surface area contributed by atoms with Gasteiger partial charge in [0, 0.05) is 0 Å². The van der Waals surface area contributed by atoms with Crippen molar-refractivity contribution in [1.82, 2.24) is 0 Å². The minimum atomic E-state index is 0.611. The minimum absolute atomic E-state index is 0.611. The normalized spacial score (nSPS) is 2.00. The molecule has 20 valence electrons. The molecule has 4 heteroatoms. The van der Waals surface area contributed by atoms with E-state index in [9.17, 15) is 0 Å². The molecule has 0 fully saturated rings. The average molecular weight is 73.8 g/mol. The van der Waals surface area contributed by atoms with Crippen molar-refractivity contribution in [3.05, 3.63) is 0 Å². The first-order valence-corrected chi connectivity index (χ1v) is 1.08. The Labute approximate surface area is 33.3 Å². The molecule has 0 aliphatic carbocycles. The fraction of sp³-hybridized carbons (Fsp3) is 0. The van der Waals surface area contributed by atoms with Crippen molar-refractivity contribution in [3.8, 4) is 0 Å². The number of hydrogen-bond donors (Lipinski definition) is 0. The maximum absolute atomic E-state index is 9.00. The maximum atomic E-state index is 9.00. The van der Waals surface area contributed by atoms with Crippen molar-refractivity contribution < 1.29 is 8.12 Å². The zero-order valence-corrected chi connectivity index (χ0v) is 3.48. The van der Waals surface area contributed by atoms with Gasteiger partial charge < -0.3 is 4.32 Å². The summed E-state index contributed by atoms with van der Waals surface area (Å²) in [4.78, 5) is 0. The molecule has 4 heavy (non-hydrogen) atoms. The van der Waals surface area contributed by atoms with E-state index in [-0.39, 0.29) is 0 Å². The van der Waals surface area contributed by atoms with Gasteiger partial charge in [0.1, 0.15) is 0 Å². The molecule has 0 aromatic rings. The molecule has 0 aliphatic rings. The molecule has 0 saturated heterocycles. The third-order valence-electron chi connectivity index (χ3n) is 0. The van der Waals surface area contributed by atoms with Crippen LogP contribution in [0.5, 0.6) is 0 Å². The van der Waals surface area contributed by atoms with Gasteiger partial charge in [0.05, 0.1) is 0 Å². The van der Waals surface area contributed by atoms with E-state index >= 15 is 0 Å². The van der Waals surface area contributed by atoms with Gasteiger partial charge in [-0.2, -0.15) is 0 Å². The van der Waals surface area contributed by atoms with Gasteiger partial charge in [-0.15, -0.1) is 0 Å². The fourth-order valence-corrected chi connectivity index (χ4v) is 0. The van der Waals surface area contributed by atoms with Crippen molar-refractivity contribution in [2.24, 2.45) is 0 Å². The van der Waals surface area contributed by atoms with Crippen LogP contribution >= 0.6 is 0 Å². The summed E-state index contributed by atoms with van der Waals surface area (Å²) in [6, 6.07) is 0. The van der Waals surface area contributed by atoms with Gasteiger partial charge in [-0.05, 0) is 0 Å². The summed E-state index contributed by atoms with van der Waals surface area (Å²) in [5, 5.41) is 0. The van der Waals surface area contributed by atoms with Crippen LogP contribution in [0.1, 0.15) is 0 Å². The van der Waals surface area contributed by atoms with E-state index in [2.05, 4.69) is 8.12 Å². The molecular formula is HAlBFO. The van der Waals surface area contributed by atoms with E-state index in [1.165, 1.54) is 0 Å². The molecular weight excluding hydrogens is 72.8 g/mol. The van der Waals surface area contributed by atoms with Crippen LogP contribution in [-0.4, -0.2) is 24.3 Å². The second-order valence-electron chi connectivity index (χ2n) is 0. The summed E-state index contributed by atoms with van der Waals surface area (Å²) in [6.45, 7) is 0. The molecule has 0 rings (SSSR count). The zero-order chi connectivity index (χ0) is 4.00. The Balaban J connectivity index is 0. The number of halogens is 1. The molecule has 0 aromatic carbocycles. The van der Waals surface area contributed by atoms with Gasteiger partial charge in [-0.25, -0.2) is 0 Å². The Kier molecular flexibility index (Phi) is 372. The average Bonchev–Trinajstić information content (AvgIpc) is 1.50. The van der Waals surface area contributed by atoms with Gasteiger partial charge in [-0.3, -0.25) is 0 Å². The van der Waals surface area contributed by atoms with Crippen LogP contribution in [0, 0.1) is 0 Å². The topological polar surface area (TPSA) is 17.1 Å². The zero-order valence-electron chi connectivity index (χ0n) is 2.07. The first kappa shape index (κ1) is 8.84. The first-order chi connectivity index (χ1) is 2.00. The number of hydrogen-bond acceptors (Lipinski definition) is 1. The molecule has 0 amide bonds. The second kappa shape index (κ2) is 168. The Morgan fingerprint density at radius 3 is 1.50 bits per heavy atom. The van der Waals surface area contributed by atoms with E-state index in [0.29, 0.717) is 16.2 Å². The molecule has 0 aliphatic heterocycles. The van der Waals surface area contributed by atoms with E-state index in [4.69, 9.17) is 8.12 Å². The van der Waals surface area contributed by atoms with Crippen molar-refractivity contribution in [2.75, 3.05) is 0 Å². The molecule has 0 N–H and O–H groups in total. The quantitative estimate of drug-likeness (QED) is 0.346. The summed E-state index contributed by atoms with van der Waals surface area (Å²) in [5.41, 5.74) is 0. The summed E-state index contributed by atoms with van der Waals surface area (Å²) in [5.74, 6) is 0. The SMILES string of the molecule is [B]F.[O]=[AlH]. The Hall–Kier alpha value is 0.327. The number of rotatable bonds is 0. The van der Waals surface area contributed by atoms with Crippen LogP contribution in [0.2, 0.25) is 0 Å². The summed E-state index contributed by atoms with van der Waals surface area (Å²) < 4.78 is 17.3. The standard InChI is InChI=1S/Al.BF.O.H/c;1-2;;. The fourth-order valence-electron chi connectivity index (χ4n) is 0. The summed E-state index contributed by atoms with van der Waals surface area (Å²) in [7, 11) is 3.00. The van der Waals surface area contributed by atoms with Crippen LogP contribution < -0.4 is 0 Å². The molecule has 0 spiro atoms. The third kappa shape index (κ3) is 38.3. The first-order valence-electron chi connectivity index (χ1n) is 0.507. The van der Waals surface area contributed by atoms with Gasteiger partial charge in [-0.1, -0.05) is 0 Å². The van der Waals surface area contributed by atoms with Crippen LogP contribution in [0.4, 0.5) is 4.32 Å². The molecule has 0 bridgehead atoms. The van der Waals surface area contributed by atoms with Gasteiger partial charge in [0.2, 0.25) is 0 Å². The van der Waals surface area contributed by atoms with E-state index in [1.54, 1.807) is 0 Å². The predicted molar refractivity (Wildman–Crippen MR) is 14.7 cm³/mol. The van der Waals surface area contributed by atoms with Gasteiger partial charge in [0.15, 0.2) is 0 Å². The van der Waals surface area contributed by atoms with Crippen molar-refractivity contribution >= 4 is 24.3 Å². The molecule has 0 aromatic heterocycles. The molecule has 0 heterocycles. The van der Waals surface area contributed by atoms with Gasteiger partial charge in [0.25, 0.3) is 0 Å². The molecule has 0 unspecified atom stereocenters. The Morgan fingerprint density at radius 2 is 1.50 bits per heavy atom. The monoisotopic (exact) mass is 74.0 g/mol. The van der Waals surface area contributed by atoms with E-state index in [0.717, 1.165) is 0 Å². The third-order valence-corrected chi connectivity index (χ3v) is 0. The molecule has 0 atom stereocenters. The van der Waals surface area contributed by atoms with Crippen molar-refractivity contribution in [2.45, 2.75) is 0 Å². The van der Waals surface area contributed by atoms with Gasteiger partial charge >= 0.3 is 28.2 Å². The van der Waals surface area contributed by atoms with Crippen LogP contribution in [0.25, 0.3) is 0 Å². The Morgan fingerprint density at radius 1 is 1.50 bits per heavy atom. The predicted octanol–water partition coefficient (Wildman–Crippen LogP) is -0.728. The van der Waals surface area contributed by atoms with E-state index in [1.807, 2.05) is 0 Å². The van der Waals surface area contributed by atoms with Crippen molar-refractivity contribution in [1.29, 1.82) is 0 Å². The summed E-state index contributed by atoms with van der Waals surface area (Å²) in [6.07, 6.45) is 0. The van der Waals surface area contributed by atoms with E-state index < -0.39 is 0 Å². The summed E-state index contributed by atoms with van der Waals surface area (Å²) >= 11 is 0.611. The van der Waals surface area contributed by atoms with Crippen LogP contribution in [0.15, 0.2) is 0 Å². The van der Waals surface area contributed by atoms with Crippen LogP contribution in [0.3, 0.4) is 0 Å². The second-order valence-corrected chi connectivity index (χ2v) is 0. The van der Waals surface area contributed by atoms with Crippen LogP contribution in [-0.2, 0) is 3.80 Å². The molecule has 2 radical (unpaired) electrons. The van der Waals surface area contributed by atoms with Crippen molar-refractivity contribution in [3.63, 3.8) is 0 Å². The molecule has 0 saturated carbocycles.